The van der Waals surface area contributed by atoms with Gasteiger partial charge in [0.15, 0.2) is 6.61 Å². The molecule has 3 heterocycles. The van der Waals surface area contributed by atoms with Crippen molar-refractivity contribution in [2.45, 2.75) is 28.8 Å². The van der Waals surface area contributed by atoms with Crippen LogP contribution in [0.2, 0.25) is 0 Å². The molecule has 2 bridgehead atoms. The Hall–Kier alpha value is -4.36. The van der Waals surface area contributed by atoms with Gasteiger partial charge in [-0.25, -0.2) is 0 Å². The summed E-state index contributed by atoms with van der Waals surface area (Å²) < 4.78 is 46.2. The average Bonchev–Trinajstić information content (AvgIpc) is 3.79. The number of benzene rings is 3. The maximum Gasteiger partial charge on any atom is 0.416 e. The zero-order valence-electron chi connectivity index (χ0n) is 24.4. The lowest BCUT2D eigenvalue weighted by molar-refractivity contribution is -0.137. The second-order valence-electron chi connectivity index (χ2n) is 12.3. The van der Waals surface area contributed by atoms with Crippen LogP contribution in [0.15, 0.2) is 88.7 Å². The molecule has 2 saturated carbocycles. The first-order valence-corrected chi connectivity index (χ1v) is 16.8. The lowest BCUT2D eigenvalue weighted by atomic mass is 9.68. The van der Waals surface area contributed by atoms with E-state index in [2.05, 4.69) is 10.3 Å². The number of aromatic amines is 1. The van der Waals surface area contributed by atoms with Crippen LogP contribution >= 0.6 is 23.1 Å². The number of para-hydroxylation sites is 1. The highest BCUT2D eigenvalue weighted by Crippen LogP contribution is 2.68. The summed E-state index contributed by atoms with van der Waals surface area (Å²) in [6.07, 6.45) is -3.96. The summed E-state index contributed by atoms with van der Waals surface area (Å²) in [5.74, 6) is -2.67. The Morgan fingerprint density at radius 2 is 1.66 bits per heavy atom. The molecule has 3 amide bonds. The fourth-order valence-corrected chi connectivity index (χ4v) is 11.0. The summed E-state index contributed by atoms with van der Waals surface area (Å²) in [6.45, 7) is -0.187. The molecule has 2 N–H and O–H groups in total. The minimum Gasteiger partial charge on any atom is -0.484 e. The van der Waals surface area contributed by atoms with Crippen LogP contribution in [0.5, 0.6) is 5.75 Å². The average molecular weight is 678 g/mol. The molecule has 8 nitrogen and oxygen atoms in total. The Labute approximate surface area is 274 Å². The number of fused-ring (bicyclic) bond motifs is 9. The maximum absolute atomic E-state index is 13.9. The number of carbonyl (C=O) groups is 3. The van der Waals surface area contributed by atoms with Crippen molar-refractivity contribution in [1.82, 2.24) is 4.98 Å². The van der Waals surface area contributed by atoms with Crippen LogP contribution in [0, 0.1) is 29.6 Å². The Balaban J connectivity index is 1.07. The monoisotopic (exact) mass is 677 g/mol. The first-order chi connectivity index (χ1) is 22.6. The Bertz CT molecular complexity index is 1960. The van der Waals surface area contributed by atoms with Gasteiger partial charge in [0, 0.05) is 21.7 Å². The van der Waals surface area contributed by atoms with E-state index in [1.807, 2.05) is 30.3 Å². The van der Waals surface area contributed by atoms with E-state index in [1.54, 1.807) is 24.3 Å². The molecule has 7 atom stereocenters. The molecule has 0 spiro atoms. The van der Waals surface area contributed by atoms with Gasteiger partial charge in [0.1, 0.15) is 5.75 Å². The first kappa shape index (κ1) is 30.0. The minimum absolute atomic E-state index is 0.0627. The number of rotatable bonds is 6. The van der Waals surface area contributed by atoms with Crippen LogP contribution in [0.3, 0.4) is 0 Å². The molecule has 3 aromatic carbocycles. The van der Waals surface area contributed by atoms with E-state index >= 15 is 0 Å². The van der Waals surface area contributed by atoms with E-state index in [-0.39, 0.29) is 52.0 Å². The van der Waals surface area contributed by atoms with E-state index in [0.717, 1.165) is 43.8 Å². The van der Waals surface area contributed by atoms with Crippen molar-refractivity contribution in [3.05, 3.63) is 105 Å². The normalized spacial score (nSPS) is 27.4. The van der Waals surface area contributed by atoms with Gasteiger partial charge in [-0.05, 0) is 72.2 Å². The van der Waals surface area contributed by atoms with Crippen LogP contribution in [0.4, 0.5) is 24.5 Å². The molecule has 2 aliphatic heterocycles. The number of ether oxygens (including phenoxy) is 1. The molecule has 1 saturated heterocycles. The first-order valence-electron chi connectivity index (χ1n) is 15.1. The van der Waals surface area contributed by atoms with Crippen LogP contribution < -0.4 is 19.8 Å². The quantitative estimate of drug-likeness (QED) is 0.237. The third kappa shape index (κ3) is 4.98. The number of alkyl halides is 3. The molecule has 1 aromatic heterocycles. The number of amides is 3. The Morgan fingerprint density at radius 1 is 0.936 bits per heavy atom. The SMILES string of the molecule is O=C(COc1ccc([C@@H]2c3sc(=O)[nH]c3S[C@@H]3[C@@H]4C[C@@H]([C@@H]5C(=O)N(c6cccc(C(F)(F)F)c6)C(=O)[C@@H]45)[C@H]23)cc1)Nc1ccccc1. The molecule has 0 unspecified atom stereocenters. The molecular formula is C34H26F3N3O5S2. The van der Waals surface area contributed by atoms with Crippen LogP contribution in [0.1, 0.15) is 28.3 Å². The summed E-state index contributed by atoms with van der Waals surface area (Å²) in [7, 11) is 0. The highest BCUT2D eigenvalue weighted by atomic mass is 32.2. The Morgan fingerprint density at radius 3 is 2.38 bits per heavy atom. The predicted molar refractivity (Wildman–Crippen MR) is 169 cm³/mol. The van der Waals surface area contributed by atoms with Gasteiger partial charge in [0.05, 0.1) is 28.1 Å². The largest absolute Gasteiger partial charge is 0.484 e. The highest BCUT2D eigenvalue weighted by Gasteiger charge is 2.69. The number of nitrogens with zero attached hydrogens (tertiary/aromatic N) is 1. The van der Waals surface area contributed by atoms with Crippen molar-refractivity contribution in [3.8, 4) is 5.75 Å². The molecule has 0 radical (unpaired) electrons. The molecule has 13 heteroatoms. The molecule has 8 rings (SSSR count). The summed E-state index contributed by atoms with van der Waals surface area (Å²) >= 11 is 2.67. The lowest BCUT2D eigenvalue weighted by Crippen LogP contribution is -2.42. The van der Waals surface area contributed by atoms with E-state index in [4.69, 9.17) is 4.74 Å². The molecule has 2 aliphatic carbocycles. The molecule has 3 fully saturated rings. The summed E-state index contributed by atoms with van der Waals surface area (Å²) in [6, 6.07) is 20.8. The summed E-state index contributed by atoms with van der Waals surface area (Å²) in [5.41, 5.74) is 0.592. The molecule has 47 heavy (non-hydrogen) atoms. The summed E-state index contributed by atoms with van der Waals surface area (Å²) in [5, 5.41) is 3.45. The minimum atomic E-state index is -4.61. The smallest absolute Gasteiger partial charge is 0.416 e. The van der Waals surface area contributed by atoms with Gasteiger partial charge in [-0.2, -0.15) is 13.2 Å². The van der Waals surface area contributed by atoms with Crippen LogP contribution in [-0.4, -0.2) is 34.6 Å². The number of H-pyrrole nitrogens is 1. The van der Waals surface area contributed by atoms with Gasteiger partial charge in [-0.15, -0.1) is 11.8 Å². The van der Waals surface area contributed by atoms with Gasteiger partial charge in [0.2, 0.25) is 11.8 Å². The Kier molecular flexibility index (Phi) is 7.10. The molecular weight excluding hydrogens is 652 g/mol. The zero-order valence-corrected chi connectivity index (χ0v) is 26.0. The second kappa shape index (κ2) is 11.1. The van der Waals surface area contributed by atoms with Gasteiger partial charge < -0.3 is 15.0 Å². The van der Waals surface area contributed by atoms with Crippen LogP contribution in [0.25, 0.3) is 0 Å². The van der Waals surface area contributed by atoms with E-state index in [0.29, 0.717) is 17.9 Å². The predicted octanol–water partition coefficient (Wildman–Crippen LogP) is 6.15. The number of hydrogen-bond donors (Lipinski definition) is 2. The van der Waals surface area contributed by atoms with E-state index < -0.39 is 35.4 Å². The van der Waals surface area contributed by atoms with Crippen LogP contribution in [-0.2, 0) is 20.6 Å². The van der Waals surface area contributed by atoms with Crippen molar-refractivity contribution >= 4 is 52.2 Å². The fourth-order valence-electron chi connectivity index (χ4n) is 8.10. The zero-order chi connectivity index (χ0) is 32.6. The van der Waals surface area contributed by atoms with Crippen molar-refractivity contribution in [2.75, 3.05) is 16.8 Å². The second-order valence-corrected chi connectivity index (χ2v) is 14.5. The van der Waals surface area contributed by atoms with Gasteiger partial charge in [-0.1, -0.05) is 47.7 Å². The molecule has 240 valence electrons. The van der Waals surface area contributed by atoms with Gasteiger partial charge in [0.25, 0.3) is 5.91 Å². The van der Waals surface area contributed by atoms with Gasteiger partial charge in [-0.3, -0.25) is 24.1 Å². The van der Waals surface area contributed by atoms with Crippen molar-refractivity contribution in [2.24, 2.45) is 29.6 Å². The topological polar surface area (TPSA) is 109 Å². The number of thioether (sulfide) groups is 1. The number of imide groups is 1. The molecule has 4 aliphatic rings. The van der Waals surface area contributed by atoms with Crippen molar-refractivity contribution in [3.63, 3.8) is 0 Å². The number of anilines is 2. The fraction of sp³-hybridized carbons (Fsp3) is 0.294. The maximum atomic E-state index is 13.9. The number of thiazole rings is 1. The van der Waals surface area contributed by atoms with Crippen molar-refractivity contribution in [1.29, 1.82) is 0 Å². The molecule has 4 aromatic rings. The highest BCUT2D eigenvalue weighted by molar-refractivity contribution is 8.00. The lowest BCUT2D eigenvalue weighted by Gasteiger charge is -2.43. The standard InChI is InChI=1S/C34H26F3N3O5S2/c35-34(36,37)17-5-4-8-19(13-17)40-31(42)26-21-14-22(27(26)32(40)43)28-25(21)24(29-30(46-28)39-33(44)47-29)16-9-11-20(12-10-16)45-15-23(41)38-18-6-2-1-3-7-18/h1-13,21-22,24-28H,14-15H2,(H,38,41)(H,39,44)/t21-,22-,24+,25-,26+,27+,28-/m1/s1. The van der Waals surface area contributed by atoms with Crippen molar-refractivity contribution < 1.29 is 32.3 Å². The third-order valence-electron chi connectivity index (χ3n) is 9.82. The summed E-state index contributed by atoms with van der Waals surface area (Å²) in [4.78, 5) is 57.2. The third-order valence-corrected chi connectivity index (χ3v) is 12.4. The van der Waals surface area contributed by atoms with E-state index in [9.17, 15) is 32.3 Å². The number of aromatic nitrogens is 1. The number of halogens is 3. The number of nitrogens with one attached hydrogen (secondary N) is 2. The number of hydrogen-bond acceptors (Lipinski definition) is 7. The van der Waals surface area contributed by atoms with Gasteiger partial charge >= 0.3 is 11.0 Å². The number of carbonyl (C=O) groups excluding carboxylic acids is 3. The van der Waals surface area contributed by atoms with E-state index in [1.165, 1.54) is 23.9 Å².